The molecule has 2 rings (SSSR count). The van der Waals surface area contributed by atoms with Crippen molar-refractivity contribution in [3.63, 3.8) is 0 Å². The average Bonchev–Trinajstić information content (AvgIpc) is 2.31. The van der Waals surface area contributed by atoms with Gasteiger partial charge in [0.1, 0.15) is 11.5 Å². The van der Waals surface area contributed by atoms with Gasteiger partial charge in [-0.15, -0.1) is 0 Å². The SMILES string of the molecule is CN(C)C[C@@H]1CCC(=O)C[C@H]1c1cccc(O)c1. The Labute approximate surface area is 108 Å². The second-order valence-electron chi connectivity index (χ2n) is 5.51. The molecule has 0 spiro atoms. The lowest BCUT2D eigenvalue weighted by atomic mass is 9.74. The molecule has 0 bridgehead atoms. The molecule has 2 atom stereocenters. The summed E-state index contributed by atoms with van der Waals surface area (Å²) in [6.07, 6.45) is 2.27. The summed E-state index contributed by atoms with van der Waals surface area (Å²) in [6, 6.07) is 7.35. The van der Waals surface area contributed by atoms with Gasteiger partial charge in [-0.2, -0.15) is 0 Å². The quantitative estimate of drug-likeness (QED) is 0.891. The van der Waals surface area contributed by atoms with Crippen molar-refractivity contribution in [3.8, 4) is 5.75 Å². The Morgan fingerprint density at radius 1 is 1.39 bits per heavy atom. The topological polar surface area (TPSA) is 40.5 Å². The van der Waals surface area contributed by atoms with Crippen LogP contribution in [0.1, 0.15) is 30.7 Å². The van der Waals surface area contributed by atoms with E-state index in [1.54, 1.807) is 12.1 Å². The first kappa shape index (κ1) is 13.1. The van der Waals surface area contributed by atoms with Crippen LogP contribution in [0.2, 0.25) is 0 Å². The van der Waals surface area contributed by atoms with E-state index < -0.39 is 0 Å². The minimum atomic E-state index is 0.251. The van der Waals surface area contributed by atoms with E-state index in [-0.39, 0.29) is 11.7 Å². The van der Waals surface area contributed by atoms with Gasteiger partial charge in [0.05, 0.1) is 0 Å². The number of aromatic hydroxyl groups is 1. The zero-order valence-corrected chi connectivity index (χ0v) is 11.1. The van der Waals surface area contributed by atoms with E-state index in [0.717, 1.165) is 18.5 Å². The van der Waals surface area contributed by atoms with Crippen molar-refractivity contribution >= 4 is 5.78 Å². The maximum Gasteiger partial charge on any atom is 0.133 e. The molecule has 1 aliphatic carbocycles. The molecule has 0 radical (unpaired) electrons. The lowest BCUT2D eigenvalue weighted by molar-refractivity contribution is -0.121. The summed E-state index contributed by atoms with van der Waals surface area (Å²) in [7, 11) is 4.13. The normalized spacial score (nSPS) is 24.5. The molecule has 98 valence electrons. The second-order valence-corrected chi connectivity index (χ2v) is 5.51. The molecule has 0 aliphatic heterocycles. The van der Waals surface area contributed by atoms with Gasteiger partial charge in [0.2, 0.25) is 0 Å². The van der Waals surface area contributed by atoms with Crippen molar-refractivity contribution in [3.05, 3.63) is 29.8 Å². The summed E-state index contributed by atoms with van der Waals surface area (Å²) >= 11 is 0. The number of hydrogen-bond donors (Lipinski definition) is 1. The van der Waals surface area contributed by atoms with Crippen molar-refractivity contribution in [2.24, 2.45) is 5.92 Å². The number of hydrogen-bond acceptors (Lipinski definition) is 3. The van der Waals surface area contributed by atoms with E-state index in [9.17, 15) is 9.90 Å². The number of nitrogens with zero attached hydrogens (tertiary/aromatic N) is 1. The van der Waals surface area contributed by atoms with Gasteiger partial charge < -0.3 is 10.0 Å². The van der Waals surface area contributed by atoms with E-state index >= 15 is 0 Å². The van der Waals surface area contributed by atoms with Crippen LogP contribution in [-0.4, -0.2) is 36.4 Å². The standard InChI is InChI=1S/C15H21NO2/c1-16(2)10-12-6-7-14(18)9-15(12)11-4-3-5-13(17)8-11/h3-5,8,12,15,17H,6-7,9-10H2,1-2H3/t12-,15-/m0/s1. The largest absolute Gasteiger partial charge is 0.508 e. The fourth-order valence-corrected chi connectivity index (χ4v) is 2.89. The molecule has 0 saturated heterocycles. The molecule has 3 nitrogen and oxygen atoms in total. The average molecular weight is 247 g/mol. The van der Waals surface area contributed by atoms with Crippen LogP contribution in [-0.2, 0) is 4.79 Å². The summed E-state index contributed by atoms with van der Waals surface area (Å²) in [5.41, 5.74) is 1.09. The lowest BCUT2D eigenvalue weighted by Gasteiger charge is -2.33. The Hall–Kier alpha value is -1.35. The van der Waals surface area contributed by atoms with E-state index in [2.05, 4.69) is 19.0 Å². The van der Waals surface area contributed by atoms with Crippen LogP contribution < -0.4 is 0 Å². The molecule has 3 heteroatoms. The number of Topliss-reactive ketones (excluding diaryl/α,β-unsaturated/α-hetero) is 1. The van der Waals surface area contributed by atoms with Gasteiger partial charge in [0, 0.05) is 19.4 Å². The summed E-state index contributed by atoms with van der Waals surface area (Å²) in [6.45, 7) is 0.994. The minimum absolute atomic E-state index is 0.251. The minimum Gasteiger partial charge on any atom is -0.508 e. The van der Waals surface area contributed by atoms with Gasteiger partial charge >= 0.3 is 0 Å². The Balaban J connectivity index is 2.22. The monoisotopic (exact) mass is 247 g/mol. The predicted molar refractivity (Wildman–Crippen MR) is 71.7 cm³/mol. The number of carbonyl (C=O) groups is 1. The molecule has 1 fully saturated rings. The Morgan fingerprint density at radius 3 is 2.83 bits per heavy atom. The smallest absolute Gasteiger partial charge is 0.133 e. The summed E-state index contributed by atoms with van der Waals surface area (Å²) in [5, 5.41) is 9.58. The highest BCUT2D eigenvalue weighted by atomic mass is 16.3. The van der Waals surface area contributed by atoms with Crippen molar-refractivity contribution in [1.82, 2.24) is 4.90 Å². The van der Waals surface area contributed by atoms with Crippen LogP contribution in [0, 0.1) is 5.92 Å². The zero-order valence-electron chi connectivity index (χ0n) is 11.1. The van der Waals surface area contributed by atoms with Crippen molar-refractivity contribution in [1.29, 1.82) is 0 Å². The van der Waals surface area contributed by atoms with E-state index in [4.69, 9.17) is 0 Å². The molecule has 18 heavy (non-hydrogen) atoms. The first-order valence-corrected chi connectivity index (χ1v) is 6.51. The molecule has 1 aromatic rings. The molecular weight excluding hydrogens is 226 g/mol. The Bertz CT molecular complexity index is 428. The fourth-order valence-electron chi connectivity index (χ4n) is 2.89. The Kier molecular flexibility index (Phi) is 4.02. The molecule has 1 aromatic carbocycles. The van der Waals surface area contributed by atoms with Crippen molar-refractivity contribution < 1.29 is 9.90 Å². The number of benzene rings is 1. The van der Waals surface area contributed by atoms with Crippen LogP contribution in [0.25, 0.3) is 0 Å². The molecule has 1 aliphatic rings. The van der Waals surface area contributed by atoms with E-state index in [0.29, 0.717) is 24.5 Å². The van der Waals surface area contributed by atoms with Gasteiger partial charge in [-0.05, 0) is 50.0 Å². The maximum absolute atomic E-state index is 11.7. The van der Waals surface area contributed by atoms with Crippen LogP contribution in [0.5, 0.6) is 5.75 Å². The van der Waals surface area contributed by atoms with Crippen LogP contribution >= 0.6 is 0 Å². The molecular formula is C15H21NO2. The molecule has 0 amide bonds. The van der Waals surface area contributed by atoms with Crippen LogP contribution in [0.15, 0.2) is 24.3 Å². The third-order valence-corrected chi connectivity index (χ3v) is 3.71. The molecule has 1 N–H and O–H groups in total. The molecule has 0 unspecified atom stereocenters. The third-order valence-electron chi connectivity index (χ3n) is 3.71. The first-order chi connectivity index (χ1) is 8.56. The van der Waals surface area contributed by atoms with Crippen LogP contribution in [0.4, 0.5) is 0 Å². The van der Waals surface area contributed by atoms with Gasteiger partial charge in [0.15, 0.2) is 0 Å². The number of carbonyl (C=O) groups excluding carboxylic acids is 1. The molecule has 1 saturated carbocycles. The Morgan fingerprint density at radius 2 is 2.17 bits per heavy atom. The summed E-state index contributed by atoms with van der Waals surface area (Å²) < 4.78 is 0. The van der Waals surface area contributed by atoms with Gasteiger partial charge in [-0.1, -0.05) is 12.1 Å². The predicted octanol–water partition coefficient (Wildman–Crippen LogP) is 2.41. The number of phenolic OH excluding ortho intramolecular Hbond substituents is 1. The number of ketones is 1. The van der Waals surface area contributed by atoms with Gasteiger partial charge in [0.25, 0.3) is 0 Å². The summed E-state index contributed by atoms with van der Waals surface area (Å²) in [4.78, 5) is 13.9. The van der Waals surface area contributed by atoms with E-state index in [1.807, 2.05) is 12.1 Å². The van der Waals surface area contributed by atoms with Crippen molar-refractivity contribution in [2.45, 2.75) is 25.2 Å². The lowest BCUT2D eigenvalue weighted by Crippen LogP contribution is -2.31. The molecule has 0 heterocycles. The summed E-state index contributed by atoms with van der Waals surface area (Å²) in [5.74, 6) is 1.38. The highest BCUT2D eigenvalue weighted by Crippen LogP contribution is 2.37. The maximum atomic E-state index is 11.7. The second kappa shape index (κ2) is 5.53. The van der Waals surface area contributed by atoms with Gasteiger partial charge in [-0.25, -0.2) is 0 Å². The molecule has 0 aromatic heterocycles. The van der Waals surface area contributed by atoms with Gasteiger partial charge in [-0.3, -0.25) is 4.79 Å². The van der Waals surface area contributed by atoms with Crippen LogP contribution in [0.3, 0.4) is 0 Å². The first-order valence-electron chi connectivity index (χ1n) is 6.51. The zero-order chi connectivity index (χ0) is 13.1. The van der Waals surface area contributed by atoms with E-state index in [1.165, 1.54) is 0 Å². The highest BCUT2D eigenvalue weighted by molar-refractivity contribution is 5.80. The van der Waals surface area contributed by atoms with Crippen molar-refractivity contribution in [2.75, 3.05) is 20.6 Å². The highest BCUT2D eigenvalue weighted by Gasteiger charge is 2.30. The number of phenols is 1. The third kappa shape index (κ3) is 3.10. The fraction of sp³-hybridized carbons (Fsp3) is 0.533. The number of rotatable bonds is 3.